The Morgan fingerprint density at radius 2 is 1.83 bits per heavy atom. The van der Waals surface area contributed by atoms with Gasteiger partial charge in [0.05, 0.1) is 5.56 Å². The number of anilines is 1. The van der Waals surface area contributed by atoms with Crippen LogP contribution in [0.2, 0.25) is 0 Å². The highest BCUT2D eigenvalue weighted by molar-refractivity contribution is 6.06. The van der Waals surface area contributed by atoms with E-state index in [0.29, 0.717) is 5.69 Å². The topological polar surface area (TPSA) is 69.6 Å². The molecule has 2 rings (SSSR count). The first-order valence-corrected chi connectivity index (χ1v) is 5.47. The van der Waals surface area contributed by atoms with Crippen LogP contribution in [0.3, 0.4) is 0 Å². The molecule has 0 unspecified atom stereocenters. The zero-order valence-corrected chi connectivity index (χ0v) is 9.84. The molecule has 18 heavy (non-hydrogen) atoms. The Morgan fingerprint density at radius 1 is 1.11 bits per heavy atom. The molecule has 0 aliphatic carbocycles. The number of amides is 1. The zero-order chi connectivity index (χ0) is 13.1. The SMILES string of the molecule is Cc1ccccc1NC(=O)c1ccc(O)cc1O. The number of rotatable bonds is 2. The van der Waals surface area contributed by atoms with Gasteiger partial charge in [-0.25, -0.2) is 0 Å². The molecule has 0 saturated carbocycles. The Bertz CT molecular complexity index is 593. The number of carbonyl (C=O) groups excluding carboxylic acids is 1. The molecule has 4 heteroatoms. The van der Waals surface area contributed by atoms with Crippen LogP contribution in [-0.2, 0) is 0 Å². The summed E-state index contributed by atoms with van der Waals surface area (Å²) in [4.78, 5) is 11.9. The molecule has 0 aliphatic rings. The molecule has 0 aliphatic heterocycles. The van der Waals surface area contributed by atoms with Crippen LogP contribution < -0.4 is 5.32 Å². The van der Waals surface area contributed by atoms with E-state index >= 15 is 0 Å². The molecule has 1 amide bonds. The van der Waals surface area contributed by atoms with E-state index in [1.54, 1.807) is 6.07 Å². The van der Waals surface area contributed by atoms with Gasteiger partial charge >= 0.3 is 0 Å². The molecule has 0 aromatic heterocycles. The summed E-state index contributed by atoms with van der Waals surface area (Å²) in [5.41, 5.74) is 1.75. The Balaban J connectivity index is 2.25. The second kappa shape index (κ2) is 4.79. The minimum atomic E-state index is -0.415. The van der Waals surface area contributed by atoms with Crippen molar-refractivity contribution in [1.29, 1.82) is 0 Å². The van der Waals surface area contributed by atoms with Gasteiger partial charge in [0, 0.05) is 11.8 Å². The van der Waals surface area contributed by atoms with Crippen molar-refractivity contribution >= 4 is 11.6 Å². The van der Waals surface area contributed by atoms with Crippen molar-refractivity contribution in [2.75, 3.05) is 5.32 Å². The van der Waals surface area contributed by atoms with Crippen LogP contribution in [0, 0.1) is 6.92 Å². The van der Waals surface area contributed by atoms with Crippen LogP contribution in [-0.4, -0.2) is 16.1 Å². The highest BCUT2D eigenvalue weighted by atomic mass is 16.3. The highest BCUT2D eigenvalue weighted by Gasteiger charge is 2.12. The van der Waals surface area contributed by atoms with Crippen LogP contribution in [0.25, 0.3) is 0 Å². The summed E-state index contributed by atoms with van der Waals surface area (Å²) >= 11 is 0. The zero-order valence-electron chi connectivity index (χ0n) is 9.84. The van der Waals surface area contributed by atoms with Gasteiger partial charge in [-0.05, 0) is 30.7 Å². The van der Waals surface area contributed by atoms with E-state index in [1.807, 2.05) is 25.1 Å². The Labute approximate surface area is 105 Å². The number of hydrogen-bond donors (Lipinski definition) is 3. The van der Waals surface area contributed by atoms with Crippen molar-refractivity contribution in [3.05, 3.63) is 53.6 Å². The average molecular weight is 243 g/mol. The second-order valence-electron chi connectivity index (χ2n) is 3.97. The predicted octanol–water partition coefficient (Wildman–Crippen LogP) is 2.66. The lowest BCUT2D eigenvalue weighted by atomic mass is 10.1. The second-order valence-corrected chi connectivity index (χ2v) is 3.97. The van der Waals surface area contributed by atoms with Crippen molar-refractivity contribution in [3.63, 3.8) is 0 Å². The summed E-state index contributed by atoms with van der Waals surface area (Å²) in [5.74, 6) is -0.747. The molecule has 0 fully saturated rings. The first-order chi connectivity index (χ1) is 8.58. The third-order valence-electron chi connectivity index (χ3n) is 2.62. The van der Waals surface area contributed by atoms with E-state index in [2.05, 4.69) is 5.32 Å². The van der Waals surface area contributed by atoms with Gasteiger partial charge in [-0.15, -0.1) is 0 Å². The lowest BCUT2D eigenvalue weighted by Crippen LogP contribution is -2.12. The van der Waals surface area contributed by atoms with Crippen molar-refractivity contribution in [3.8, 4) is 11.5 Å². The molecule has 4 nitrogen and oxygen atoms in total. The van der Waals surface area contributed by atoms with Crippen LogP contribution >= 0.6 is 0 Å². The van der Waals surface area contributed by atoms with Gasteiger partial charge in [0.2, 0.25) is 0 Å². The fourth-order valence-corrected chi connectivity index (χ4v) is 1.61. The van der Waals surface area contributed by atoms with Gasteiger partial charge in [0.15, 0.2) is 0 Å². The molecule has 2 aromatic carbocycles. The molecule has 92 valence electrons. The first-order valence-electron chi connectivity index (χ1n) is 5.47. The molecule has 2 aromatic rings. The van der Waals surface area contributed by atoms with E-state index in [-0.39, 0.29) is 17.1 Å². The lowest BCUT2D eigenvalue weighted by Gasteiger charge is -2.09. The van der Waals surface area contributed by atoms with E-state index in [0.717, 1.165) is 11.6 Å². The minimum absolute atomic E-state index is 0.0834. The Morgan fingerprint density at radius 3 is 2.50 bits per heavy atom. The van der Waals surface area contributed by atoms with Gasteiger partial charge in [0.1, 0.15) is 11.5 Å². The number of para-hydroxylation sites is 1. The minimum Gasteiger partial charge on any atom is -0.508 e. The van der Waals surface area contributed by atoms with Crippen LogP contribution in [0.15, 0.2) is 42.5 Å². The van der Waals surface area contributed by atoms with Gasteiger partial charge < -0.3 is 15.5 Å². The maximum Gasteiger partial charge on any atom is 0.259 e. The number of hydrogen-bond acceptors (Lipinski definition) is 3. The number of benzene rings is 2. The first kappa shape index (κ1) is 12.0. The highest BCUT2D eigenvalue weighted by Crippen LogP contribution is 2.24. The number of nitrogens with one attached hydrogen (secondary N) is 1. The molecule has 0 atom stereocenters. The monoisotopic (exact) mass is 243 g/mol. The molecule has 0 heterocycles. The Kier molecular flexibility index (Phi) is 3.19. The summed E-state index contributed by atoms with van der Waals surface area (Å²) in [7, 11) is 0. The molecule has 0 radical (unpaired) electrons. The standard InChI is InChI=1S/C14H13NO3/c1-9-4-2-3-5-12(9)15-14(18)11-7-6-10(16)8-13(11)17/h2-8,16-17H,1H3,(H,15,18). The molecule has 0 saturated heterocycles. The van der Waals surface area contributed by atoms with Crippen molar-refractivity contribution in [2.24, 2.45) is 0 Å². The van der Waals surface area contributed by atoms with Crippen molar-refractivity contribution in [2.45, 2.75) is 6.92 Å². The summed E-state index contributed by atoms with van der Waals surface area (Å²) in [5, 5.41) is 21.5. The third-order valence-corrected chi connectivity index (χ3v) is 2.62. The molecule has 0 bridgehead atoms. The molecule has 0 spiro atoms. The molecular formula is C14H13NO3. The van der Waals surface area contributed by atoms with Gasteiger partial charge in [-0.2, -0.15) is 0 Å². The number of phenolic OH excluding ortho intramolecular Hbond substituents is 2. The lowest BCUT2D eigenvalue weighted by molar-refractivity contribution is 0.102. The predicted molar refractivity (Wildman–Crippen MR) is 68.9 cm³/mol. The van der Waals surface area contributed by atoms with Gasteiger partial charge in [-0.3, -0.25) is 4.79 Å². The molecule has 3 N–H and O–H groups in total. The number of carbonyl (C=O) groups is 1. The van der Waals surface area contributed by atoms with E-state index < -0.39 is 5.91 Å². The summed E-state index contributed by atoms with van der Waals surface area (Å²) in [6.45, 7) is 1.88. The van der Waals surface area contributed by atoms with E-state index in [4.69, 9.17) is 5.11 Å². The summed E-state index contributed by atoms with van der Waals surface area (Å²) in [6, 6.07) is 11.2. The number of aryl methyl sites for hydroxylation is 1. The van der Waals surface area contributed by atoms with Crippen molar-refractivity contribution < 1.29 is 15.0 Å². The largest absolute Gasteiger partial charge is 0.508 e. The number of aromatic hydroxyl groups is 2. The van der Waals surface area contributed by atoms with E-state index in [1.165, 1.54) is 12.1 Å². The smallest absolute Gasteiger partial charge is 0.259 e. The third kappa shape index (κ3) is 2.43. The van der Waals surface area contributed by atoms with Gasteiger partial charge in [-0.1, -0.05) is 18.2 Å². The Hall–Kier alpha value is -2.49. The van der Waals surface area contributed by atoms with Crippen LogP contribution in [0.4, 0.5) is 5.69 Å². The quantitative estimate of drug-likeness (QED) is 0.759. The molecular weight excluding hydrogens is 230 g/mol. The number of phenols is 2. The average Bonchev–Trinajstić information content (AvgIpc) is 2.32. The van der Waals surface area contributed by atoms with E-state index in [9.17, 15) is 9.90 Å². The van der Waals surface area contributed by atoms with Gasteiger partial charge in [0.25, 0.3) is 5.91 Å². The summed E-state index contributed by atoms with van der Waals surface area (Å²) < 4.78 is 0. The normalized spacial score (nSPS) is 10.1. The van der Waals surface area contributed by atoms with Crippen LogP contribution in [0.1, 0.15) is 15.9 Å². The fourth-order valence-electron chi connectivity index (χ4n) is 1.61. The summed E-state index contributed by atoms with van der Waals surface area (Å²) in [6.07, 6.45) is 0. The van der Waals surface area contributed by atoms with Crippen molar-refractivity contribution in [1.82, 2.24) is 0 Å². The van der Waals surface area contributed by atoms with Crippen LogP contribution in [0.5, 0.6) is 11.5 Å². The fraction of sp³-hybridized carbons (Fsp3) is 0.0714. The maximum absolute atomic E-state index is 11.9. The maximum atomic E-state index is 11.9.